The molecular weight excluding hydrogens is 200 g/mol. The van der Waals surface area contributed by atoms with Gasteiger partial charge in [0.2, 0.25) is 0 Å². The van der Waals surface area contributed by atoms with Crippen LogP contribution < -0.4 is 5.56 Å². The molecule has 0 N–H and O–H groups in total. The molecule has 0 saturated heterocycles. The predicted octanol–water partition coefficient (Wildman–Crippen LogP) is 2.09. The fraction of sp³-hybridized carbons (Fsp3) is 0.0769. The van der Waals surface area contributed by atoms with E-state index in [1.165, 1.54) is 4.68 Å². The lowest BCUT2D eigenvalue weighted by Crippen LogP contribution is -2.18. The van der Waals surface area contributed by atoms with Crippen LogP contribution in [0.25, 0.3) is 21.5 Å². The molecule has 3 nitrogen and oxygen atoms in total. The Morgan fingerprint density at radius 1 is 1.06 bits per heavy atom. The molecule has 16 heavy (non-hydrogen) atoms. The van der Waals surface area contributed by atoms with Crippen molar-refractivity contribution in [2.24, 2.45) is 7.05 Å². The lowest BCUT2D eigenvalue weighted by atomic mass is 10.1. The van der Waals surface area contributed by atoms with Gasteiger partial charge in [-0.05, 0) is 22.9 Å². The van der Waals surface area contributed by atoms with E-state index in [2.05, 4.69) is 5.10 Å². The number of hydrogen-bond acceptors (Lipinski definition) is 2. The smallest absolute Gasteiger partial charge is 0.267 e. The highest BCUT2D eigenvalue weighted by molar-refractivity contribution is 5.97. The van der Waals surface area contributed by atoms with Gasteiger partial charge in [0, 0.05) is 12.4 Å². The van der Waals surface area contributed by atoms with Crippen molar-refractivity contribution in [2.45, 2.75) is 0 Å². The standard InChI is InChI=1S/C13H10N2O/c1-15-13(16)12-7-10-5-3-2-4-9(10)6-11(12)8-14-15/h2-8H,1H3. The summed E-state index contributed by atoms with van der Waals surface area (Å²) < 4.78 is 1.36. The van der Waals surface area contributed by atoms with Crippen LogP contribution in [0.15, 0.2) is 47.4 Å². The number of benzene rings is 2. The Hall–Kier alpha value is -2.16. The first-order valence-electron chi connectivity index (χ1n) is 5.10. The van der Waals surface area contributed by atoms with E-state index in [-0.39, 0.29) is 5.56 Å². The third-order valence-corrected chi connectivity index (χ3v) is 2.81. The van der Waals surface area contributed by atoms with Crippen molar-refractivity contribution in [3.05, 3.63) is 52.9 Å². The van der Waals surface area contributed by atoms with Gasteiger partial charge in [-0.1, -0.05) is 24.3 Å². The number of hydrogen-bond donors (Lipinski definition) is 0. The van der Waals surface area contributed by atoms with Gasteiger partial charge in [0.25, 0.3) is 5.56 Å². The highest BCUT2D eigenvalue weighted by atomic mass is 16.1. The van der Waals surface area contributed by atoms with E-state index in [9.17, 15) is 4.79 Å². The number of nitrogens with zero attached hydrogens (tertiary/aromatic N) is 2. The molecule has 0 aliphatic rings. The van der Waals surface area contributed by atoms with E-state index in [0.29, 0.717) is 0 Å². The largest absolute Gasteiger partial charge is 0.274 e. The summed E-state index contributed by atoms with van der Waals surface area (Å²) in [6, 6.07) is 11.9. The summed E-state index contributed by atoms with van der Waals surface area (Å²) in [6.07, 6.45) is 1.73. The molecule has 78 valence electrons. The van der Waals surface area contributed by atoms with Crippen LogP contribution >= 0.6 is 0 Å². The molecule has 1 heterocycles. The van der Waals surface area contributed by atoms with E-state index in [1.807, 2.05) is 36.4 Å². The monoisotopic (exact) mass is 210 g/mol. The van der Waals surface area contributed by atoms with Crippen LogP contribution in [0, 0.1) is 0 Å². The van der Waals surface area contributed by atoms with Crippen LogP contribution in [0.1, 0.15) is 0 Å². The summed E-state index contributed by atoms with van der Waals surface area (Å²) in [6.45, 7) is 0. The molecule has 0 bridgehead atoms. The quantitative estimate of drug-likeness (QED) is 0.532. The van der Waals surface area contributed by atoms with Crippen molar-refractivity contribution >= 4 is 21.5 Å². The molecule has 0 spiro atoms. The minimum absolute atomic E-state index is 0.0525. The lowest BCUT2D eigenvalue weighted by molar-refractivity contribution is 0.718. The van der Waals surface area contributed by atoms with Gasteiger partial charge in [-0.25, -0.2) is 4.68 Å². The Labute approximate surface area is 91.9 Å². The summed E-state index contributed by atoms with van der Waals surface area (Å²) >= 11 is 0. The van der Waals surface area contributed by atoms with Crippen molar-refractivity contribution < 1.29 is 0 Å². The Bertz CT molecular complexity index is 744. The predicted molar refractivity (Wildman–Crippen MR) is 64.5 cm³/mol. The van der Waals surface area contributed by atoms with Gasteiger partial charge in [-0.15, -0.1) is 0 Å². The molecule has 0 aliphatic carbocycles. The van der Waals surface area contributed by atoms with Crippen LogP contribution in [0.2, 0.25) is 0 Å². The molecule has 3 aromatic rings. The number of aromatic nitrogens is 2. The highest BCUT2D eigenvalue weighted by Crippen LogP contribution is 2.19. The third-order valence-electron chi connectivity index (χ3n) is 2.81. The maximum absolute atomic E-state index is 11.9. The zero-order chi connectivity index (χ0) is 11.1. The SMILES string of the molecule is Cn1ncc2cc3ccccc3cc2c1=O. The molecule has 0 radical (unpaired) electrons. The van der Waals surface area contributed by atoms with Crippen molar-refractivity contribution in [2.75, 3.05) is 0 Å². The zero-order valence-corrected chi connectivity index (χ0v) is 8.84. The summed E-state index contributed by atoms with van der Waals surface area (Å²) in [7, 11) is 1.66. The Kier molecular flexibility index (Phi) is 1.80. The topological polar surface area (TPSA) is 34.9 Å². The summed E-state index contributed by atoms with van der Waals surface area (Å²) in [5.74, 6) is 0. The number of fused-ring (bicyclic) bond motifs is 2. The average molecular weight is 210 g/mol. The molecule has 3 heteroatoms. The molecule has 3 rings (SSSR count). The third kappa shape index (κ3) is 1.21. The molecule has 2 aromatic carbocycles. The molecule has 0 unspecified atom stereocenters. The van der Waals surface area contributed by atoms with Crippen molar-refractivity contribution in [3.63, 3.8) is 0 Å². The van der Waals surface area contributed by atoms with Crippen LogP contribution in [0.5, 0.6) is 0 Å². The number of rotatable bonds is 0. The molecule has 0 amide bonds. The first kappa shape index (κ1) is 9.09. The van der Waals surface area contributed by atoms with Crippen molar-refractivity contribution in [3.8, 4) is 0 Å². The second-order valence-corrected chi connectivity index (χ2v) is 3.86. The van der Waals surface area contributed by atoms with E-state index >= 15 is 0 Å². The molecule has 0 fully saturated rings. The Morgan fingerprint density at radius 3 is 2.50 bits per heavy atom. The zero-order valence-electron chi connectivity index (χ0n) is 8.84. The van der Waals surface area contributed by atoms with Gasteiger partial charge in [0.15, 0.2) is 0 Å². The van der Waals surface area contributed by atoms with Crippen LogP contribution in [0.4, 0.5) is 0 Å². The Balaban J connectivity index is 2.57. The fourth-order valence-corrected chi connectivity index (χ4v) is 1.93. The van der Waals surface area contributed by atoms with Gasteiger partial charge < -0.3 is 0 Å². The maximum Gasteiger partial charge on any atom is 0.274 e. The van der Waals surface area contributed by atoms with Crippen molar-refractivity contribution in [1.82, 2.24) is 9.78 Å². The van der Waals surface area contributed by atoms with Gasteiger partial charge in [-0.2, -0.15) is 5.10 Å². The summed E-state index contributed by atoms with van der Waals surface area (Å²) in [4.78, 5) is 11.9. The summed E-state index contributed by atoms with van der Waals surface area (Å²) in [5.41, 5.74) is -0.0525. The van der Waals surface area contributed by atoms with Gasteiger partial charge in [-0.3, -0.25) is 4.79 Å². The molecule has 0 saturated carbocycles. The highest BCUT2D eigenvalue weighted by Gasteiger charge is 2.02. The van der Waals surface area contributed by atoms with Crippen molar-refractivity contribution in [1.29, 1.82) is 0 Å². The van der Waals surface area contributed by atoms with Gasteiger partial charge in [0.1, 0.15) is 0 Å². The first-order valence-corrected chi connectivity index (χ1v) is 5.10. The molecule has 0 aliphatic heterocycles. The molecule has 0 atom stereocenters. The second kappa shape index (κ2) is 3.17. The maximum atomic E-state index is 11.9. The fourth-order valence-electron chi connectivity index (χ4n) is 1.93. The Morgan fingerprint density at radius 2 is 1.75 bits per heavy atom. The van der Waals surface area contributed by atoms with E-state index in [1.54, 1.807) is 13.2 Å². The van der Waals surface area contributed by atoms with Crippen LogP contribution in [-0.2, 0) is 7.05 Å². The summed E-state index contributed by atoms with van der Waals surface area (Å²) in [5, 5.41) is 7.84. The second-order valence-electron chi connectivity index (χ2n) is 3.86. The van der Waals surface area contributed by atoms with Crippen LogP contribution in [-0.4, -0.2) is 9.78 Å². The van der Waals surface area contributed by atoms with E-state index in [0.717, 1.165) is 21.5 Å². The molecule has 1 aromatic heterocycles. The minimum Gasteiger partial charge on any atom is -0.267 e. The first-order chi connectivity index (χ1) is 7.75. The van der Waals surface area contributed by atoms with Gasteiger partial charge >= 0.3 is 0 Å². The average Bonchev–Trinajstić information content (AvgIpc) is 2.32. The lowest BCUT2D eigenvalue weighted by Gasteiger charge is -2.02. The number of aryl methyl sites for hydroxylation is 1. The van der Waals surface area contributed by atoms with E-state index < -0.39 is 0 Å². The minimum atomic E-state index is -0.0525. The van der Waals surface area contributed by atoms with E-state index in [4.69, 9.17) is 0 Å². The molecular formula is C13H10N2O. The van der Waals surface area contributed by atoms with Gasteiger partial charge in [0.05, 0.1) is 11.6 Å². The normalized spacial score (nSPS) is 11.1. The van der Waals surface area contributed by atoms with Crippen LogP contribution in [0.3, 0.4) is 0 Å².